The van der Waals surface area contributed by atoms with Crippen LogP contribution in [0.1, 0.15) is 6.92 Å². The number of nitrogens with one attached hydrogen (secondary N) is 2. The van der Waals surface area contributed by atoms with Crippen LogP contribution in [0.15, 0.2) is 34.1 Å². The summed E-state index contributed by atoms with van der Waals surface area (Å²) in [7, 11) is 0. The number of carbonyl (C=O) groups is 1. The molecule has 0 aliphatic rings. The van der Waals surface area contributed by atoms with Crippen molar-refractivity contribution in [3.05, 3.63) is 45.0 Å². The van der Waals surface area contributed by atoms with Crippen LogP contribution in [-0.2, 0) is 4.79 Å². The average Bonchev–Trinajstić information content (AvgIpc) is 2.42. The van der Waals surface area contributed by atoms with E-state index in [0.29, 0.717) is 5.69 Å². The van der Waals surface area contributed by atoms with Gasteiger partial charge in [0, 0.05) is 18.1 Å². The molecule has 0 saturated heterocycles. The van der Waals surface area contributed by atoms with Crippen molar-refractivity contribution < 1.29 is 4.79 Å². The van der Waals surface area contributed by atoms with E-state index in [0.717, 1.165) is 0 Å². The molecular formula is C12H12N4O3. The van der Waals surface area contributed by atoms with E-state index in [4.69, 9.17) is 5.73 Å². The molecule has 0 aliphatic heterocycles. The van der Waals surface area contributed by atoms with Gasteiger partial charge in [-0.05, 0) is 19.1 Å². The van der Waals surface area contributed by atoms with Crippen molar-refractivity contribution in [3.63, 3.8) is 0 Å². The lowest BCUT2D eigenvalue weighted by Crippen LogP contribution is -2.41. The van der Waals surface area contributed by atoms with Gasteiger partial charge in [0.25, 0.3) is 10.9 Å². The molecular weight excluding hydrogens is 248 g/mol. The van der Waals surface area contributed by atoms with Crippen LogP contribution in [-0.4, -0.2) is 16.9 Å². The van der Waals surface area contributed by atoms with Crippen LogP contribution in [0.2, 0.25) is 0 Å². The van der Waals surface area contributed by atoms with Crippen LogP contribution in [0.25, 0.3) is 0 Å². The number of hydrogen-bond donors (Lipinski definition) is 3. The van der Waals surface area contributed by atoms with Crippen molar-refractivity contribution in [2.24, 2.45) is 5.73 Å². The Kier molecular flexibility index (Phi) is 3.28. The number of pyridine rings is 1. The van der Waals surface area contributed by atoms with E-state index < -0.39 is 22.8 Å². The molecule has 19 heavy (non-hydrogen) atoms. The topological polar surface area (TPSA) is 114 Å². The second-order valence-electron chi connectivity index (χ2n) is 4.04. The summed E-state index contributed by atoms with van der Waals surface area (Å²) in [6, 6.07) is 2.57. The molecule has 0 aliphatic carbocycles. The minimum absolute atomic E-state index is 0.0770. The summed E-state index contributed by atoms with van der Waals surface area (Å²) >= 11 is 0. The van der Waals surface area contributed by atoms with Crippen molar-refractivity contribution in [1.82, 2.24) is 4.98 Å². The van der Waals surface area contributed by atoms with Gasteiger partial charge in [0.05, 0.1) is 0 Å². The quantitative estimate of drug-likeness (QED) is 0.636. The second kappa shape index (κ2) is 4.89. The number of rotatable bonds is 5. The lowest BCUT2D eigenvalue weighted by atomic mass is 10.1. The minimum atomic E-state index is -0.735. The number of nitrogens with two attached hydrogens (primary N) is 1. The summed E-state index contributed by atoms with van der Waals surface area (Å²) in [5.41, 5.74) is 4.63. The SMILES string of the molecule is C[C@H](Nc1c(Nc2ccncc2)c(=O)c1=O)C(N)=O. The Morgan fingerprint density at radius 3 is 2.37 bits per heavy atom. The number of hydrogen-bond acceptors (Lipinski definition) is 6. The Bertz CT molecular complexity index is 674. The first kappa shape index (κ1) is 12.7. The summed E-state index contributed by atoms with van der Waals surface area (Å²) in [5.74, 6) is -0.608. The largest absolute Gasteiger partial charge is 0.369 e. The molecule has 0 fully saturated rings. The molecule has 1 aromatic carbocycles. The molecule has 0 bridgehead atoms. The molecule has 0 unspecified atom stereocenters. The Hall–Kier alpha value is -2.70. The first-order valence-corrected chi connectivity index (χ1v) is 5.57. The van der Waals surface area contributed by atoms with Crippen molar-refractivity contribution in [2.45, 2.75) is 13.0 Å². The molecule has 0 radical (unpaired) electrons. The molecule has 1 amide bonds. The highest BCUT2D eigenvalue weighted by Crippen LogP contribution is 2.20. The van der Waals surface area contributed by atoms with Gasteiger partial charge in [-0.3, -0.25) is 19.4 Å². The van der Waals surface area contributed by atoms with Gasteiger partial charge in [-0.2, -0.15) is 0 Å². The van der Waals surface area contributed by atoms with Crippen LogP contribution in [0, 0.1) is 0 Å². The van der Waals surface area contributed by atoms with Crippen LogP contribution in [0.3, 0.4) is 0 Å². The van der Waals surface area contributed by atoms with E-state index in [9.17, 15) is 14.4 Å². The van der Waals surface area contributed by atoms with Crippen molar-refractivity contribution in [1.29, 1.82) is 0 Å². The van der Waals surface area contributed by atoms with E-state index in [1.165, 1.54) is 6.92 Å². The van der Waals surface area contributed by atoms with E-state index >= 15 is 0 Å². The Morgan fingerprint density at radius 1 is 1.21 bits per heavy atom. The van der Waals surface area contributed by atoms with Gasteiger partial charge < -0.3 is 16.4 Å². The van der Waals surface area contributed by atoms with Gasteiger partial charge in [0.15, 0.2) is 0 Å². The standard InChI is InChI=1S/C12H12N4O3/c1-6(12(13)19)15-8-9(11(18)10(8)17)16-7-2-4-14-5-3-7/h2-6,15H,1H3,(H2,13,19)(H,14,16)/t6-/m0/s1. The van der Waals surface area contributed by atoms with Gasteiger partial charge in [-0.15, -0.1) is 0 Å². The van der Waals surface area contributed by atoms with E-state index in [1.54, 1.807) is 24.5 Å². The molecule has 4 N–H and O–H groups in total. The number of nitrogens with zero attached hydrogens (tertiary/aromatic N) is 1. The highest BCUT2D eigenvalue weighted by molar-refractivity contribution is 5.86. The van der Waals surface area contributed by atoms with E-state index in [-0.39, 0.29) is 11.4 Å². The van der Waals surface area contributed by atoms with E-state index in [1.807, 2.05) is 0 Å². The fraction of sp³-hybridized carbons (Fsp3) is 0.167. The normalized spacial score (nSPS) is 12.1. The average molecular weight is 260 g/mol. The zero-order valence-corrected chi connectivity index (χ0v) is 10.1. The van der Waals surface area contributed by atoms with E-state index in [2.05, 4.69) is 15.6 Å². The Labute approximate surface area is 108 Å². The molecule has 7 nitrogen and oxygen atoms in total. The van der Waals surface area contributed by atoms with Gasteiger partial charge in [0.1, 0.15) is 17.4 Å². The molecule has 2 rings (SSSR count). The highest BCUT2D eigenvalue weighted by Gasteiger charge is 2.23. The summed E-state index contributed by atoms with van der Waals surface area (Å²) in [6.07, 6.45) is 3.10. The van der Waals surface area contributed by atoms with Crippen LogP contribution in [0.4, 0.5) is 17.1 Å². The number of anilines is 3. The summed E-state index contributed by atoms with van der Waals surface area (Å²) in [4.78, 5) is 37.7. The predicted octanol–water partition coefficient (Wildman–Crippen LogP) is -0.293. The fourth-order valence-corrected chi connectivity index (χ4v) is 1.52. The molecule has 1 atom stereocenters. The first-order valence-electron chi connectivity index (χ1n) is 5.57. The van der Waals surface area contributed by atoms with Crippen molar-refractivity contribution in [3.8, 4) is 0 Å². The predicted molar refractivity (Wildman–Crippen MR) is 71.2 cm³/mol. The molecule has 0 spiro atoms. The zero-order chi connectivity index (χ0) is 14.0. The molecule has 1 aromatic heterocycles. The third-order valence-electron chi connectivity index (χ3n) is 2.65. The zero-order valence-electron chi connectivity index (χ0n) is 10.1. The second-order valence-corrected chi connectivity index (χ2v) is 4.04. The fourth-order valence-electron chi connectivity index (χ4n) is 1.52. The van der Waals surface area contributed by atoms with Gasteiger partial charge in [0.2, 0.25) is 5.91 Å². The lowest BCUT2D eigenvalue weighted by molar-refractivity contribution is -0.118. The maximum atomic E-state index is 11.5. The number of carbonyl (C=O) groups excluding carboxylic acids is 1. The van der Waals surface area contributed by atoms with Crippen molar-refractivity contribution >= 4 is 23.0 Å². The molecule has 7 heteroatoms. The monoisotopic (exact) mass is 260 g/mol. The molecule has 0 saturated carbocycles. The van der Waals surface area contributed by atoms with Gasteiger partial charge in [-0.1, -0.05) is 0 Å². The highest BCUT2D eigenvalue weighted by atomic mass is 16.2. The van der Waals surface area contributed by atoms with Crippen LogP contribution >= 0.6 is 0 Å². The van der Waals surface area contributed by atoms with Crippen LogP contribution < -0.4 is 27.2 Å². The smallest absolute Gasteiger partial charge is 0.253 e. The third-order valence-corrected chi connectivity index (χ3v) is 2.65. The van der Waals surface area contributed by atoms with Gasteiger partial charge in [-0.25, -0.2) is 0 Å². The number of amides is 1. The third kappa shape index (κ3) is 2.44. The Morgan fingerprint density at radius 2 is 1.79 bits per heavy atom. The summed E-state index contributed by atoms with van der Waals surface area (Å²) in [5, 5.41) is 5.43. The number of primary amides is 1. The Balaban J connectivity index is 2.23. The number of aromatic nitrogens is 1. The first-order chi connectivity index (χ1) is 9.00. The van der Waals surface area contributed by atoms with Crippen LogP contribution in [0.5, 0.6) is 0 Å². The molecule has 1 heterocycles. The minimum Gasteiger partial charge on any atom is -0.369 e. The van der Waals surface area contributed by atoms with Gasteiger partial charge >= 0.3 is 0 Å². The van der Waals surface area contributed by atoms with Crippen molar-refractivity contribution in [2.75, 3.05) is 10.6 Å². The molecule has 2 aromatic rings. The summed E-state index contributed by atoms with van der Waals surface area (Å²) < 4.78 is 0. The lowest BCUT2D eigenvalue weighted by Gasteiger charge is -2.17. The maximum Gasteiger partial charge on any atom is 0.253 e. The maximum absolute atomic E-state index is 11.5. The molecule has 98 valence electrons. The summed E-state index contributed by atoms with van der Waals surface area (Å²) in [6.45, 7) is 1.51.